The Labute approximate surface area is 220 Å². The molecule has 214 valence electrons. The standard InChI is InChI=1S/C26H44O11/c1-5-6-7-37-25-23(35-18-16-33-14-12-31-10-8-28-2)20-22(26(27)30-4)21-24(25)36-19-17-34-15-13-32-11-9-29-3/h20-21H,5-19H2,1-4H3. The average molecular weight is 533 g/mol. The molecule has 0 amide bonds. The molecule has 11 nitrogen and oxygen atoms in total. The first-order valence-electron chi connectivity index (χ1n) is 12.6. The number of methoxy groups -OCH3 is 3. The van der Waals surface area contributed by atoms with E-state index in [1.165, 1.54) is 7.11 Å². The topological polar surface area (TPSA) is 109 Å². The molecule has 0 aliphatic rings. The number of ether oxygens (including phenoxy) is 10. The molecule has 37 heavy (non-hydrogen) atoms. The lowest BCUT2D eigenvalue weighted by Gasteiger charge is -2.18. The van der Waals surface area contributed by atoms with E-state index >= 15 is 0 Å². The maximum absolute atomic E-state index is 12.3. The Bertz CT molecular complexity index is 656. The quantitative estimate of drug-likeness (QED) is 0.137. The zero-order valence-corrected chi connectivity index (χ0v) is 22.8. The highest BCUT2D eigenvalue weighted by atomic mass is 16.6. The first kappa shape index (κ1) is 32.9. The van der Waals surface area contributed by atoms with Crippen LogP contribution >= 0.6 is 0 Å². The maximum Gasteiger partial charge on any atom is 0.338 e. The number of carbonyl (C=O) groups is 1. The maximum atomic E-state index is 12.3. The SMILES string of the molecule is CCCCOc1c(OCCOCCOCCOC)cc(C(=O)OC)cc1OCCOCCOCCOC. The van der Waals surface area contributed by atoms with E-state index < -0.39 is 5.97 Å². The Balaban J connectivity index is 2.71. The van der Waals surface area contributed by atoms with Gasteiger partial charge in [-0.15, -0.1) is 0 Å². The van der Waals surface area contributed by atoms with Crippen LogP contribution < -0.4 is 14.2 Å². The van der Waals surface area contributed by atoms with Gasteiger partial charge in [-0.2, -0.15) is 0 Å². The summed E-state index contributed by atoms with van der Waals surface area (Å²) in [6.45, 7) is 7.63. The molecule has 0 N–H and O–H groups in total. The van der Waals surface area contributed by atoms with Gasteiger partial charge in [0, 0.05) is 14.2 Å². The summed E-state index contributed by atoms with van der Waals surface area (Å²) in [4.78, 5) is 12.3. The van der Waals surface area contributed by atoms with Crippen LogP contribution in [0.15, 0.2) is 12.1 Å². The number of esters is 1. The second-order valence-electron chi connectivity index (χ2n) is 7.63. The molecule has 0 unspecified atom stereocenters. The van der Waals surface area contributed by atoms with Crippen molar-refractivity contribution >= 4 is 5.97 Å². The van der Waals surface area contributed by atoms with Crippen LogP contribution in [0.5, 0.6) is 17.2 Å². The molecule has 0 bridgehead atoms. The fourth-order valence-electron chi connectivity index (χ4n) is 2.84. The van der Waals surface area contributed by atoms with Crippen LogP contribution in [-0.4, -0.2) is 113 Å². The van der Waals surface area contributed by atoms with Gasteiger partial charge < -0.3 is 47.4 Å². The van der Waals surface area contributed by atoms with Crippen molar-refractivity contribution < 1.29 is 52.2 Å². The van der Waals surface area contributed by atoms with E-state index in [2.05, 4.69) is 6.92 Å². The van der Waals surface area contributed by atoms with Crippen molar-refractivity contribution in [1.82, 2.24) is 0 Å². The molecule has 11 heteroatoms. The summed E-state index contributed by atoms with van der Waals surface area (Å²) >= 11 is 0. The highest BCUT2D eigenvalue weighted by Crippen LogP contribution is 2.39. The molecule has 0 heterocycles. The van der Waals surface area contributed by atoms with E-state index in [4.69, 9.17) is 47.4 Å². The van der Waals surface area contributed by atoms with Crippen LogP contribution in [0.1, 0.15) is 30.1 Å². The minimum atomic E-state index is -0.510. The lowest BCUT2D eigenvalue weighted by atomic mass is 10.2. The molecule has 1 aromatic rings. The fourth-order valence-corrected chi connectivity index (χ4v) is 2.84. The summed E-state index contributed by atoms with van der Waals surface area (Å²) in [6, 6.07) is 3.17. The fraction of sp³-hybridized carbons (Fsp3) is 0.731. The predicted octanol–water partition coefficient (Wildman–Crippen LogP) is 2.77. The molecule has 0 spiro atoms. The smallest absolute Gasteiger partial charge is 0.338 e. The number of unbranched alkanes of at least 4 members (excludes halogenated alkanes) is 1. The van der Waals surface area contributed by atoms with Crippen LogP contribution in [0, 0.1) is 0 Å². The van der Waals surface area contributed by atoms with Crippen LogP contribution in [0.2, 0.25) is 0 Å². The van der Waals surface area contributed by atoms with E-state index in [1.807, 2.05) is 0 Å². The molecule has 0 atom stereocenters. The van der Waals surface area contributed by atoms with Gasteiger partial charge in [-0.25, -0.2) is 4.79 Å². The number of rotatable bonds is 25. The van der Waals surface area contributed by atoms with Crippen molar-refractivity contribution in [3.63, 3.8) is 0 Å². The van der Waals surface area contributed by atoms with Crippen LogP contribution in [0.4, 0.5) is 0 Å². The molecule has 0 aliphatic carbocycles. The molecular weight excluding hydrogens is 488 g/mol. The summed E-state index contributed by atoms with van der Waals surface area (Å²) < 4.78 is 54.4. The van der Waals surface area contributed by atoms with Gasteiger partial charge in [0.2, 0.25) is 5.75 Å². The van der Waals surface area contributed by atoms with E-state index in [-0.39, 0.29) is 18.8 Å². The molecule has 0 radical (unpaired) electrons. The normalized spacial score (nSPS) is 10.9. The molecule has 0 aromatic heterocycles. The third-order valence-corrected chi connectivity index (χ3v) is 4.76. The number of hydrogen-bond donors (Lipinski definition) is 0. The lowest BCUT2D eigenvalue weighted by molar-refractivity contribution is 0.0170. The highest BCUT2D eigenvalue weighted by Gasteiger charge is 2.19. The summed E-state index contributed by atoms with van der Waals surface area (Å²) in [5.74, 6) is 0.665. The van der Waals surface area contributed by atoms with E-state index in [1.54, 1.807) is 26.4 Å². The predicted molar refractivity (Wildman–Crippen MR) is 136 cm³/mol. The Morgan fingerprint density at radius 3 is 1.43 bits per heavy atom. The third kappa shape index (κ3) is 15.6. The Kier molecular flexibility index (Phi) is 20.4. The Hall–Kier alpha value is -2.15. The van der Waals surface area contributed by atoms with Gasteiger partial charge in [-0.1, -0.05) is 13.3 Å². The van der Waals surface area contributed by atoms with Gasteiger partial charge in [0.15, 0.2) is 11.5 Å². The van der Waals surface area contributed by atoms with Gasteiger partial charge in [-0.05, 0) is 18.6 Å². The first-order chi connectivity index (χ1) is 18.2. The van der Waals surface area contributed by atoms with Gasteiger partial charge in [0.1, 0.15) is 13.2 Å². The van der Waals surface area contributed by atoms with E-state index in [0.717, 1.165) is 12.8 Å². The molecule has 1 aromatic carbocycles. The largest absolute Gasteiger partial charge is 0.487 e. The minimum Gasteiger partial charge on any atom is -0.487 e. The molecular formula is C26H44O11. The molecule has 0 saturated heterocycles. The minimum absolute atomic E-state index is 0.248. The van der Waals surface area contributed by atoms with Gasteiger partial charge >= 0.3 is 5.97 Å². The van der Waals surface area contributed by atoms with Crippen LogP contribution in [-0.2, 0) is 33.2 Å². The van der Waals surface area contributed by atoms with Gasteiger partial charge in [0.05, 0.1) is 85.3 Å². The van der Waals surface area contributed by atoms with Crippen molar-refractivity contribution in [2.45, 2.75) is 19.8 Å². The monoisotopic (exact) mass is 532 g/mol. The van der Waals surface area contributed by atoms with Gasteiger partial charge in [0.25, 0.3) is 0 Å². The molecule has 0 aliphatic heterocycles. The second-order valence-corrected chi connectivity index (χ2v) is 7.63. The van der Waals surface area contributed by atoms with Crippen molar-refractivity contribution in [1.29, 1.82) is 0 Å². The zero-order valence-electron chi connectivity index (χ0n) is 22.8. The van der Waals surface area contributed by atoms with E-state index in [0.29, 0.717) is 89.9 Å². The molecule has 0 saturated carbocycles. The number of hydrogen-bond acceptors (Lipinski definition) is 11. The van der Waals surface area contributed by atoms with Crippen molar-refractivity contribution in [3.8, 4) is 17.2 Å². The Morgan fingerprint density at radius 2 is 1.03 bits per heavy atom. The zero-order chi connectivity index (χ0) is 27.0. The Morgan fingerprint density at radius 1 is 0.595 bits per heavy atom. The summed E-state index contributed by atoms with van der Waals surface area (Å²) in [7, 11) is 4.57. The van der Waals surface area contributed by atoms with E-state index in [9.17, 15) is 4.79 Å². The summed E-state index contributed by atoms with van der Waals surface area (Å²) in [5, 5.41) is 0. The van der Waals surface area contributed by atoms with Crippen molar-refractivity contribution in [2.24, 2.45) is 0 Å². The lowest BCUT2D eigenvalue weighted by Crippen LogP contribution is -2.15. The summed E-state index contributed by atoms with van der Waals surface area (Å²) in [5.41, 5.74) is 0.287. The van der Waals surface area contributed by atoms with Crippen molar-refractivity contribution in [3.05, 3.63) is 17.7 Å². The number of benzene rings is 1. The second kappa shape index (κ2) is 23.0. The number of carbonyl (C=O) groups excluding carboxylic acids is 1. The first-order valence-corrected chi connectivity index (χ1v) is 12.6. The van der Waals surface area contributed by atoms with Crippen LogP contribution in [0.25, 0.3) is 0 Å². The average Bonchev–Trinajstić information content (AvgIpc) is 2.91. The summed E-state index contributed by atoms with van der Waals surface area (Å²) in [6.07, 6.45) is 1.82. The molecule has 1 rings (SSSR count). The third-order valence-electron chi connectivity index (χ3n) is 4.76. The molecule has 0 fully saturated rings. The highest BCUT2D eigenvalue weighted by molar-refractivity contribution is 5.91. The van der Waals surface area contributed by atoms with Gasteiger partial charge in [-0.3, -0.25) is 0 Å². The van der Waals surface area contributed by atoms with Crippen LogP contribution in [0.3, 0.4) is 0 Å². The van der Waals surface area contributed by atoms with Crippen molar-refractivity contribution in [2.75, 3.05) is 107 Å².